The minimum atomic E-state index is -0.897. The summed E-state index contributed by atoms with van der Waals surface area (Å²) in [6.07, 6.45) is 3.00. The van der Waals surface area contributed by atoms with Gasteiger partial charge in [0.2, 0.25) is 0 Å². The molecule has 15 heavy (non-hydrogen) atoms. The standard InChI is InChI=1S/C12H22O3/c1-5-8-9-12(6-2,10(4)13)11(14)15-7-3/h5-9H2,1-4H3/t12-/m0/s1. The fourth-order valence-electron chi connectivity index (χ4n) is 1.74. The van der Waals surface area contributed by atoms with Gasteiger partial charge in [0.05, 0.1) is 6.61 Å². The predicted octanol–water partition coefficient (Wildman–Crippen LogP) is 2.73. The average molecular weight is 214 g/mol. The summed E-state index contributed by atoms with van der Waals surface area (Å²) in [7, 11) is 0. The lowest BCUT2D eigenvalue weighted by Crippen LogP contribution is -2.39. The summed E-state index contributed by atoms with van der Waals surface area (Å²) in [6.45, 7) is 7.49. The monoisotopic (exact) mass is 214 g/mol. The predicted molar refractivity (Wildman–Crippen MR) is 59.6 cm³/mol. The third-order valence-corrected chi connectivity index (χ3v) is 2.90. The van der Waals surface area contributed by atoms with Crippen molar-refractivity contribution in [2.75, 3.05) is 6.61 Å². The van der Waals surface area contributed by atoms with Gasteiger partial charge < -0.3 is 4.74 Å². The molecule has 88 valence electrons. The molecule has 0 spiro atoms. The van der Waals surface area contributed by atoms with E-state index < -0.39 is 5.41 Å². The molecule has 0 saturated carbocycles. The van der Waals surface area contributed by atoms with Crippen LogP contribution in [0.2, 0.25) is 0 Å². The largest absolute Gasteiger partial charge is 0.465 e. The van der Waals surface area contributed by atoms with Crippen molar-refractivity contribution in [3.8, 4) is 0 Å². The molecule has 3 nitrogen and oxygen atoms in total. The summed E-state index contributed by atoms with van der Waals surface area (Å²) in [5, 5.41) is 0. The molecule has 0 heterocycles. The molecule has 0 fully saturated rings. The van der Waals surface area contributed by atoms with Crippen molar-refractivity contribution in [2.45, 2.75) is 53.4 Å². The van der Waals surface area contributed by atoms with Gasteiger partial charge >= 0.3 is 5.97 Å². The average Bonchev–Trinajstić information content (AvgIpc) is 2.19. The van der Waals surface area contributed by atoms with Crippen LogP contribution < -0.4 is 0 Å². The highest BCUT2D eigenvalue weighted by Gasteiger charge is 2.42. The number of ether oxygens (including phenoxy) is 1. The minimum Gasteiger partial charge on any atom is -0.465 e. The van der Waals surface area contributed by atoms with Gasteiger partial charge in [0.1, 0.15) is 11.2 Å². The molecular formula is C12H22O3. The molecule has 3 heteroatoms. The van der Waals surface area contributed by atoms with E-state index in [0.717, 1.165) is 12.8 Å². The van der Waals surface area contributed by atoms with E-state index in [1.807, 2.05) is 13.8 Å². The van der Waals surface area contributed by atoms with E-state index >= 15 is 0 Å². The summed E-state index contributed by atoms with van der Waals surface area (Å²) in [5.41, 5.74) is -0.897. The first-order chi connectivity index (χ1) is 7.05. The molecule has 0 aromatic carbocycles. The minimum absolute atomic E-state index is 0.0723. The molecule has 0 amide bonds. The Morgan fingerprint density at radius 1 is 1.20 bits per heavy atom. The topological polar surface area (TPSA) is 43.4 Å². The van der Waals surface area contributed by atoms with Crippen LogP contribution in [0.4, 0.5) is 0 Å². The first-order valence-corrected chi connectivity index (χ1v) is 5.73. The Balaban J connectivity index is 4.79. The van der Waals surface area contributed by atoms with Crippen LogP contribution in [0.3, 0.4) is 0 Å². The Morgan fingerprint density at radius 2 is 1.80 bits per heavy atom. The number of esters is 1. The Hall–Kier alpha value is -0.860. The van der Waals surface area contributed by atoms with E-state index in [2.05, 4.69) is 0 Å². The summed E-state index contributed by atoms with van der Waals surface area (Å²) < 4.78 is 5.00. The number of carbonyl (C=O) groups excluding carboxylic acids is 2. The van der Waals surface area contributed by atoms with Gasteiger partial charge in [-0.3, -0.25) is 9.59 Å². The van der Waals surface area contributed by atoms with Gasteiger partial charge in [-0.1, -0.05) is 26.7 Å². The van der Waals surface area contributed by atoms with Gasteiger partial charge in [-0.2, -0.15) is 0 Å². The van der Waals surface area contributed by atoms with Crippen LogP contribution in [0.5, 0.6) is 0 Å². The van der Waals surface area contributed by atoms with Crippen molar-refractivity contribution < 1.29 is 14.3 Å². The third-order valence-electron chi connectivity index (χ3n) is 2.90. The lowest BCUT2D eigenvalue weighted by molar-refractivity contribution is -0.160. The SMILES string of the molecule is CCCC[C@@](CC)(C(C)=O)C(=O)OCC. The molecule has 0 unspecified atom stereocenters. The zero-order valence-corrected chi connectivity index (χ0v) is 10.3. The summed E-state index contributed by atoms with van der Waals surface area (Å²) in [4.78, 5) is 23.4. The Labute approximate surface area is 92.2 Å². The van der Waals surface area contributed by atoms with E-state index in [4.69, 9.17) is 4.74 Å². The lowest BCUT2D eigenvalue weighted by Gasteiger charge is -2.27. The molecule has 0 aliphatic carbocycles. The number of Topliss-reactive ketones (excluding diaryl/α,β-unsaturated/α-hetero) is 1. The Morgan fingerprint density at radius 3 is 2.13 bits per heavy atom. The third kappa shape index (κ3) is 3.33. The number of hydrogen-bond acceptors (Lipinski definition) is 3. The highest BCUT2D eigenvalue weighted by atomic mass is 16.5. The maximum Gasteiger partial charge on any atom is 0.319 e. The molecular weight excluding hydrogens is 192 g/mol. The van der Waals surface area contributed by atoms with Crippen LogP contribution in [0.15, 0.2) is 0 Å². The molecule has 0 aromatic heterocycles. The van der Waals surface area contributed by atoms with Crippen LogP contribution in [0, 0.1) is 5.41 Å². The molecule has 0 saturated heterocycles. The van der Waals surface area contributed by atoms with Crippen LogP contribution in [-0.2, 0) is 14.3 Å². The van der Waals surface area contributed by atoms with E-state index in [9.17, 15) is 9.59 Å². The van der Waals surface area contributed by atoms with E-state index in [0.29, 0.717) is 19.4 Å². The number of unbranched alkanes of at least 4 members (excludes halogenated alkanes) is 1. The van der Waals surface area contributed by atoms with Gasteiger partial charge in [0, 0.05) is 0 Å². The van der Waals surface area contributed by atoms with Gasteiger partial charge in [0.15, 0.2) is 0 Å². The quantitative estimate of drug-likeness (QED) is 0.483. The molecule has 1 atom stereocenters. The van der Waals surface area contributed by atoms with Gasteiger partial charge in [0.25, 0.3) is 0 Å². The maximum atomic E-state index is 11.8. The fraction of sp³-hybridized carbons (Fsp3) is 0.833. The number of carbonyl (C=O) groups is 2. The summed E-state index contributed by atoms with van der Waals surface area (Å²) in [5.74, 6) is -0.426. The van der Waals surface area contributed by atoms with Gasteiger partial charge in [-0.25, -0.2) is 0 Å². The first-order valence-electron chi connectivity index (χ1n) is 5.73. The smallest absolute Gasteiger partial charge is 0.319 e. The van der Waals surface area contributed by atoms with Crippen LogP contribution in [0.1, 0.15) is 53.4 Å². The molecule has 0 N–H and O–H groups in total. The van der Waals surface area contributed by atoms with Crippen molar-refractivity contribution in [3.63, 3.8) is 0 Å². The van der Waals surface area contributed by atoms with E-state index in [-0.39, 0.29) is 11.8 Å². The molecule has 0 rings (SSSR count). The second-order valence-electron chi connectivity index (χ2n) is 3.82. The molecule has 0 aliphatic heterocycles. The molecule has 0 aromatic rings. The van der Waals surface area contributed by atoms with Crippen molar-refractivity contribution in [2.24, 2.45) is 5.41 Å². The Kier molecular flexibility index (Phi) is 6.21. The van der Waals surface area contributed by atoms with Crippen molar-refractivity contribution in [1.29, 1.82) is 0 Å². The van der Waals surface area contributed by atoms with Crippen LogP contribution in [-0.4, -0.2) is 18.4 Å². The lowest BCUT2D eigenvalue weighted by atomic mass is 9.77. The first kappa shape index (κ1) is 14.1. The highest BCUT2D eigenvalue weighted by molar-refractivity contribution is 6.02. The number of rotatable bonds is 7. The number of hydrogen-bond donors (Lipinski definition) is 0. The molecule has 0 aliphatic rings. The molecule has 0 radical (unpaired) electrons. The second kappa shape index (κ2) is 6.59. The Bertz CT molecular complexity index is 223. The summed E-state index contributed by atoms with van der Waals surface area (Å²) in [6, 6.07) is 0. The fourth-order valence-corrected chi connectivity index (χ4v) is 1.74. The zero-order chi connectivity index (χ0) is 11.9. The highest BCUT2D eigenvalue weighted by Crippen LogP contribution is 2.31. The van der Waals surface area contributed by atoms with Crippen molar-refractivity contribution >= 4 is 11.8 Å². The zero-order valence-electron chi connectivity index (χ0n) is 10.3. The normalized spacial score (nSPS) is 14.4. The second-order valence-corrected chi connectivity index (χ2v) is 3.82. The van der Waals surface area contributed by atoms with Gasteiger partial charge in [-0.05, 0) is 26.7 Å². The van der Waals surface area contributed by atoms with Crippen LogP contribution in [0.25, 0.3) is 0 Å². The van der Waals surface area contributed by atoms with Crippen LogP contribution >= 0.6 is 0 Å². The van der Waals surface area contributed by atoms with Crippen molar-refractivity contribution in [3.05, 3.63) is 0 Å². The molecule has 0 bridgehead atoms. The summed E-state index contributed by atoms with van der Waals surface area (Å²) >= 11 is 0. The van der Waals surface area contributed by atoms with Crippen molar-refractivity contribution in [1.82, 2.24) is 0 Å². The van der Waals surface area contributed by atoms with Gasteiger partial charge in [-0.15, -0.1) is 0 Å². The van der Waals surface area contributed by atoms with E-state index in [1.54, 1.807) is 6.92 Å². The maximum absolute atomic E-state index is 11.8. The van der Waals surface area contributed by atoms with E-state index in [1.165, 1.54) is 6.92 Å². The number of ketones is 1.